The zero-order valence-corrected chi connectivity index (χ0v) is 18.8. The van der Waals surface area contributed by atoms with E-state index in [4.69, 9.17) is 14.7 Å². The van der Waals surface area contributed by atoms with Crippen molar-refractivity contribution in [3.05, 3.63) is 68.3 Å². The van der Waals surface area contributed by atoms with Crippen LogP contribution in [0.5, 0.6) is 17.4 Å². The Morgan fingerprint density at radius 2 is 1.78 bits per heavy atom. The first kappa shape index (κ1) is 22.6. The minimum absolute atomic E-state index is 0.0711. The highest BCUT2D eigenvalue weighted by Crippen LogP contribution is 2.30. The zero-order chi connectivity index (χ0) is 23.6. The second-order valence-corrected chi connectivity index (χ2v) is 7.41. The Morgan fingerprint density at radius 1 is 1.12 bits per heavy atom. The van der Waals surface area contributed by atoms with Gasteiger partial charge in [-0.1, -0.05) is 0 Å². The van der Waals surface area contributed by atoms with Crippen molar-refractivity contribution in [3.8, 4) is 23.4 Å². The van der Waals surface area contributed by atoms with E-state index < -0.39 is 11.3 Å². The van der Waals surface area contributed by atoms with Gasteiger partial charge in [-0.25, -0.2) is 9.97 Å². The van der Waals surface area contributed by atoms with Crippen LogP contribution >= 0.6 is 0 Å². The van der Waals surface area contributed by atoms with Gasteiger partial charge in [0, 0.05) is 12.6 Å². The van der Waals surface area contributed by atoms with Crippen LogP contribution in [0.3, 0.4) is 0 Å². The highest BCUT2D eigenvalue weighted by molar-refractivity contribution is 5.94. The Kier molecular flexibility index (Phi) is 6.35. The molecule has 0 fully saturated rings. The van der Waals surface area contributed by atoms with Gasteiger partial charge in [-0.3, -0.25) is 14.2 Å². The van der Waals surface area contributed by atoms with Crippen LogP contribution in [0, 0.1) is 39.0 Å². The number of hydrogen-bond acceptors (Lipinski definition) is 8. The zero-order valence-electron chi connectivity index (χ0n) is 18.8. The minimum Gasteiger partial charge on any atom is -0.481 e. The van der Waals surface area contributed by atoms with Crippen molar-refractivity contribution in [2.45, 2.75) is 41.2 Å². The number of ketones is 1. The molecular weight excluding hydrogens is 410 g/mol. The third-order valence-electron chi connectivity index (χ3n) is 4.93. The van der Waals surface area contributed by atoms with Gasteiger partial charge in [0.2, 0.25) is 11.6 Å². The van der Waals surface area contributed by atoms with Crippen LogP contribution in [0.25, 0.3) is 0 Å². The molecule has 0 aliphatic heterocycles. The molecule has 0 bridgehead atoms. The Balaban J connectivity index is 2.13. The van der Waals surface area contributed by atoms with Crippen molar-refractivity contribution in [2.75, 3.05) is 7.11 Å². The van der Waals surface area contributed by atoms with Gasteiger partial charge in [-0.05, 0) is 51.0 Å². The summed E-state index contributed by atoms with van der Waals surface area (Å²) in [6.45, 7) is 8.49. The molecule has 0 saturated heterocycles. The number of hydrogen-bond donors (Lipinski definition) is 0. The van der Waals surface area contributed by atoms with Crippen LogP contribution in [0.15, 0.2) is 23.3 Å². The number of rotatable bonds is 6. The Morgan fingerprint density at radius 3 is 2.34 bits per heavy atom. The van der Waals surface area contributed by atoms with E-state index in [9.17, 15) is 9.59 Å². The van der Waals surface area contributed by atoms with E-state index in [0.29, 0.717) is 45.4 Å². The average Bonchev–Trinajstić information content (AvgIpc) is 2.73. The fourth-order valence-electron chi connectivity index (χ4n) is 3.43. The summed E-state index contributed by atoms with van der Waals surface area (Å²) in [5, 5.41) is 9.17. The molecule has 0 spiro atoms. The molecule has 0 N–H and O–H groups in total. The molecule has 0 aliphatic carbocycles. The van der Waals surface area contributed by atoms with Gasteiger partial charge < -0.3 is 9.47 Å². The van der Waals surface area contributed by atoms with E-state index in [-0.39, 0.29) is 18.0 Å². The predicted molar refractivity (Wildman–Crippen MR) is 116 cm³/mol. The third-order valence-corrected chi connectivity index (χ3v) is 4.93. The van der Waals surface area contributed by atoms with Gasteiger partial charge in [0.05, 0.1) is 37.2 Å². The fourth-order valence-corrected chi connectivity index (χ4v) is 3.43. The number of carbonyl (C=O) groups is 1. The maximum atomic E-state index is 13.3. The number of methoxy groups -OCH3 is 1. The second-order valence-electron chi connectivity index (χ2n) is 7.41. The van der Waals surface area contributed by atoms with E-state index in [1.807, 2.05) is 0 Å². The molecule has 0 saturated carbocycles. The summed E-state index contributed by atoms with van der Waals surface area (Å²) in [6.07, 6.45) is 1.29. The van der Waals surface area contributed by atoms with Crippen LogP contribution in [0.2, 0.25) is 0 Å². The first-order chi connectivity index (χ1) is 15.2. The van der Waals surface area contributed by atoms with Gasteiger partial charge in [0.15, 0.2) is 11.5 Å². The average molecular weight is 433 g/mol. The Labute approximate surface area is 185 Å². The molecule has 1 aromatic carbocycles. The van der Waals surface area contributed by atoms with E-state index >= 15 is 0 Å². The van der Waals surface area contributed by atoms with Crippen molar-refractivity contribution in [1.29, 1.82) is 5.26 Å². The molecule has 0 radical (unpaired) electrons. The lowest BCUT2D eigenvalue weighted by Crippen LogP contribution is -2.26. The van der Waals surface area contributed by atoms with Crippen LogP contribution in [-0.2, 0) is 6.54 Å². The van der Waals surface area contributed by atoms with E-state index in [0.717, 1.165) is 0 Å². The maximum Gasteiger partial charge on any atom is 0.297 e. The molecule has 2 heterocycles. The number of benzene rings is 1. The van der Waals surface area contributed by atoms with Gasteiger partial charge in [-0.15, -0.1) is 0 Å². The normalized spacial score (nSPS) is 10.5. The van der Waals surface area contributed by atoms with Crippen molar-refractivity contribution in [1.82, 2.24) is 19.5 Å². The number of Topliss-reactive ketones (excluding diaryl/α,β-unsaturated/α-hetero) is 1. The summed E-state index contributed by atoms with van der Waals surface area (Å²) in [6, 6.07) is 5.40. The molecule has 0 atom stereocenters. The molecule has 0 aliphatic rings. The summed E-state index contributed by atoms with van der Waals surface area (Å²) < 4.78 is 12.6. The van der Waals surface area contributed by atoms with E-state index in [2.05, 4.69) is 21.0 Å². The van der Waals surface area contributed by atoms with Gasteiger partial charge >= 0.3 is 0 Å². The molecule has 9 nitrogen and oxygen atoms in total. The molecule has 3 aromatic rings. The Bertz CT molecular complexity index is 1300. The summed E-state index contributed by atoms with van der Waals surface area (Å²) in [4.78, 5) is 38.3. The summed E-state index contributed by atoms with van der Waals surface area (Å²) >= 11 is 0. The lowest BCUT2D eigenvalue weighted by molar-refractivity contribution is 0.101. The van der Waals surface area contributed by atoms with Crippen LogP contribution in [-0.4, -0.2) is 32.4 Å². The molecule has 0 unspecified atom stereocenters. The van der Waals surface area contributed by atoms with Gasteiger partial charge in [0.1, 0.15) is 11.6 Å². The lowest BCUT2D eigenvalue weighted by atomic mass is 10.1. The predicted octanol–water partition coefficient (Wildman–Crippen LogP) is 3.19. The smallest absolute Gasteiger partial charge is 0.297 e. The van der Waals surface area contributed by atoms with Crippen LogP contribution in [0.4, 0.5) is 0 Å². The Hall–Kier alpha value is -4.06. The van der Waals surface area contributed by atoms with Gasteiger partial charge in [-0.2, -0.15) is 10.2 Å². The molecule has 3 rings (SSSR count). The number of nitriles is 1. The number of carbonyl (C=O) groups excluding carboxylic acids is 1. The SMILES string of the molecule is COc1nc(C)nc(C)c1Cn1cnc(C(C)=O)c(Oc2c(C)cc(C#N)cc2C)c1=O. The van der Waals surface area contributed by atoms with Crippen molar-refractivity contribution >= 4 is 5.78 Å². The second kappa shape index (κ2) is 8.98. The van der Waals surface area contributed by atoms with Gasteiger partial charge in [0.25, 0.3) is 5.56 Å². The number of ether oxygens (including phenoxy) is 2. The topological polar surface area (TPSA) is 120 Å². The van der Waals surface area contributed by atoms with Crippen molar-refractivity contribution in [2.24, 2.45) is 0 Å². The largest absolute Gasteiger partial charge is 0.481 e. The number of aryl methyl sites for hydroxylation is 4. The lowest BCUT2D eigenvalue weighted by Gasteiger charge is -2.16. The van der Waals surface area contributed by atoms with Crippen molar-refractivity contribution in [3.63, 3.8) is 0 Å². The standard InChI is InChI=1S/C23H23N5O4/c1-12-7-17(9-24)8-13(2)20(12)32-21-19(15(4)29)25-11-28(23(21)30)10-18-14(3)26-16(5)27-22(18)31-6/h7-8,11H,10H2,1-6H3. The van der Waals surface area contributed by atoms with E-state index in [1.54, 1.807) is 39.8 Å². The molecule has 164 valence electrons. The minimum atomic E-state index is -0.532. The summed E-state index contributed by atoms with van der Waals surface area (Å²) in [7, 11) is 1.50. The number of aromatic nitrogens is 4. The van der Waals surface area contributed by atoms with Crippen LogP contribution < -0.4 is 15.0 Å². The quantitative estimate of drug-likeness (QED) is 0.544. The maximum absolute atomic E-state index is 13.3. The fraction of sp³-hybridized carbons (Fsp3) is 0.304. The molecule has 9 heteroatoms. The molecule has 2 aromatic heterocycles. The first-order valence-corrected chi connectivity index (χ1v) is 9.83. The highest BCUT2D eigenvalue weighted by Gasteiger charge is 2.21. The molecule has 32 heavy (non-hydrogen) atoms. The van der Waals surface area contributed by atoms with E-state index in [1.165, 1.54) is 24.9 Å². The number of nitrogens with zero attached hydrogens (tertiary/aromatic N) is 5. The summed E-state index contributed by atoms with van der Waals surface area (Å²) in [5.41, 5.74) is 2.48. The first-order valence-electron chi connectivity index (χ1n) is 9.83. The monoisotopic (exact) mass is 433 g/mol. The molecule has 0 amide bonds. The molecular formula is C23H23N5O4. The van der Waals surface area contributed by atoms with Crippen molar-refractivity contribution < 1.29 is 14.3 Å². The summed E-state index contributed by atoms with van der Waals surface area (Å²) in [5.74, 6) is 0.729. The van der Waals surface area contributed by atoms with Crippen LogP contribution in [0.1, 0.15) is 51.2 Å². The highest BCUT2D eigenvalue weighted by atomic mass is 16.5. The third kappa shape index (κ3) is 4.34.